The van der Waals surface area contributed by atoms with Crippen molar-refractivity contribution in [2.75, 3.05) is 13.6 Å². The molecule has 2 rings (SSSR count). The Labute approximate surface area is 168 Å². The molecule has 0 bridgehead atoms. The van der Waals surface area contributed by atoms with Crippen LogP contribution in [0.3, 0.4) is 0 Å². The first-order valence-electron chi connectivity index (χ1n) is 7.96. The third kappa shape index (κ3) is 5.44. The van der Waals surface area contributed by atoms with Crippen LogP contribution >= 0.6 is 34.5 Å². The third-order valence-corrected chi connectivity index (χ3v) is 7.83. The van der Waals surface area contributed by atoms with Gasteiger partial charge in [-0.2, -0.15) is 0 Å². The normalized spacial score (nSPS) is 13.0. The molecule has 0 aliphatic carbocycles. The fourth-order valence-corrected chi connectivity index (χ4v) is 5.04. The fraction of sp³-hybridized carbons (Fsp3) is 0.353. The van der Waals surface area contributed by atoms with E-state index in [2.05, 4.69) is 5.32 Å². The predicted molar refractivity (Wildman–Crippen MR) is 106 cm³/mol. The van der Waals surface area contributed by atoms with Crippen LogP contribution in [0.4, 0.5) is 0 Å². The highest BCUT2D eigenvalue weighted by atomic mass is 35.5. The Morgan fingerprint density at radius 3 is 2.62 bits per heavy atom. The average molecular weight is 435 g/mol. The summed E-state index contributed by atoms with van der Waals surface area (Å²) in [6, 6.07) is 8.26. The maximum Gasteiger partial charge on any atom is 0.252 e. The Balaban J connectivity index is 1.82. The molecule has 0 fully saturated rings. The molecule has 2 aromatic rings. The van der Waals surface area contributed by atoms with Gasteiger partial charge in [-0.15, -0.1) is 11.3 Å². The second-order valence-electron chi connectivity index (χ2n) is 5.82. The first kappa shape index (κ1) is 21.2. The maximum atomic E-state index is 12.3. The van der Waals surface area contributed by atoms with Gasteiger partial charge in [-0.25, -0.2) is 12.7 Å². The molecule has 1 unspecified atom stereocenters. The lowest BCUT2D eigenvalue weighted by molar-refractivity contribution is -0.121. The first-order chi connectivity index (χ1) is 12.2. The highest BCUT2D eigenvalue weighted by Crippen LogP contribution is 2.25. The largest absolute Gasteiger partial charge is 0.350 e. The van der Waals surface area contributed by atoms with E-state index < -0.39 is 10.0 Å². The Kier molecular flexibility index (Phi) is 7.49. The summed E-state index contributed by atoms with van der Waals surface area (Å²) in [5, 5.41) is 5.49. The zero-order chi connectivity index (χ0) is 19.3. The van der Waals surface area contributed by atoms with E-state index in [1.54, 1.807) is 35.7 Å². The van der Waals surface area contributed by atoms with Crippen molar-refractivity contribution >= 4 is 50.5 Å². The SMILES string of the molecule is CC(NC(=O)CCCN(C)S(=O)(=O)c1cccs1)c1ccc(Cl)c(Cl)c1. The lowest BCUT2D eigenvalue weighted by Crippen LogP contribution is -2.30. The molecular weight excluding hydrogens is 415 g/mol. The number of nitrogens with zero attached hydrogens (tertiary/aromatic N) is 1. The van der Waals surface area contributed by atoms with Crippen molar-refractivity contribution in [3.8, 4) is 0 Å². The molecular formula is C17H20Cl2N2O3S2. The van der Waals surface area contributed by atoms with Crippen LogP contribution in [0.25, 0.3) is 0 Å². The number of sulfonamides is 1. The average Bonchev–Trinajstić information content (AvgIpc) is 3.12. The summed E-state index contributed by atoms with van der Waals surface area (Å²) < 4.78 is 26.2. The van der Waals surface area contributed by atoms with Crippen LogP contribution in [0.2, 0.25) is 10.0 Å². The van der Waals surface area contributed by atoms with Crippen molar-refractivity contribution in [2.45, 2.75) is 30.0 Å². The van der Waals surface area contributed by atoms with Crippen LogP contribution in [0.1, 0.15) is 31.4 Å². The summed E-state index contributed by atoms with van der Waals surface area (Å²) in [6.45, 7) is 2.12. The van der Waals surface area contributed by atoms with Gasteiger partial charge in [0.05, 0.1) is 16.1 Å². The quantitative estimate of drug-likeness (QED) is 0.671. The van der Waals surface area contributed by atoms with E-state index >= 15 is 0 Å². The van der Waals surface area contributed by atoms with Gasteiger partial charge in [0, 0.05) is 20.0 Å². The molecule has 0 saturated carbocycles. The van der Waals surface area contributed by atoms with Crippen LogP contribution < -0.4 is 5.32 Å². The molecule has 1 aromatic heterocycles. The number of rotatable bonds is 8. The number of amides is 1. The van der Waals surface area contributed by atoms with E-state index in [-0.39, 0.29) is 24.9 Å². The summed E-state index contributed by atoms with van der Waals surface area (Å²) in [5.74, 6) is -0.148. The van der Waals surface area contributed by atoms with Gasteiger partial charge < -0.3 is 5.32 Å². The van der Waals surface area contributed by atoms with Crippen LogP contribution in [-0.2, 0) is 14.8 Å². The van der Waals surface area contributed by atoms with Gasteiger partial charge in [-0.1, -0.05) is 35.3 Å². The molecule has 1 heterocycles. The highest BCUT2D eigenvalue weighted by molar-refractivity contribution is 7.91. The third-order valence-electron chi connectivity index (χ3n) is 3.86. The van der Waals surface area contributed by atoms with Crippen LogP contribution in [0.15, 0.2) is 39.9 Å². The van der Waals surface area contributed by atoms with Gasteiger partial charge in [0.2, 0.25) is 5.91 Å². The van der Waals surface area contributed by atoms with Gasteiger partial charge in [0.15, 0.2) is 0 Å². The monoisotopic (exact) mass is 434 g/mol. The molecule has 1 amide bonds. The Bertz CT molecular complexity index is 855. The maximum absolute atomic E-state index is 12.3. The van der Waals surface area contributed by atoms with Crippen molar-refractivity contribution in [3.05, 3.63) is 51.3 Å². The topological polar surface area (TPSA) is 66.5 Å². The molecule has 1 N–H and O–H groups in total. The summed E-state index contributed by atoms with van der Waals surface area (Å²) in [6.07, 6.45) is 0.664. The summed E-state index contributed by atoms with van der Waals surface area (Å²) in [7, 11) is -1.96. The molecule has 0 aliphatic rings. The minimum absolute atomic E-state index is 0.148. The van der Waals surface area contributed by atoms with E-state index in [1.807, 2.05) is 6.92 Å². The fourth-order valence-electron chi connectivity index (χ4n) is 2.33. The zero-order valence-electron chi connectivity index (χ0n) is 14.4. The van der Waals surface area contributed by atoms with Crippen LogP contribution in [0.5, 0.6) is 0 Å². The predicted octanol–water partition coefficient (Wildman–Crippen LogP) is 4.33. The number of carbonyl (C=O) groups excluding carboxylic acids is 1. The summed E-state index contributed by atoms with van der Waals surface area (Å²) in [5.41, 5.74) is 0.852. The van der Waals surface area contributed by atoms with E-state index in [0.29, 0.717) is 20.7 Å². The van der Waals surface area contributed by atoms with E-state index in [1.165, 1.54) is 22.7 Å². The van der Waals surface area contributed by atoms with Gasteiger partial charge in [0.1, 0.15) is 4.21 Å². The van der Waals surface area contributed by atoms with Crippen molar-refractivity contribution in [1.82, 2.24) is 9.62 Å². The standard InChI is InChI=1S/C17H20Cl2N2O3S2/c1-12(13-7-8-14(18)15(19)11-13)20-16(22)5-3-9-21(2)26(23,24)17-6-4-10-25-17/h4,6-8,10-12H,3,5,9H2,1-2H3,(H,20,22). The molecule has 26 heavy (non-hydrogen) atoms. The molecule has 9 heteroatoms. The number of thiophene rings is 1. The number of carbonyl (C=O) groups is 1. The minimum atomic E-state index is -3.48. The lowest BCUT2D eigenvalue weighted by atomic mass is 10.1. The molecule has 0 aliphatic heterocycles. The molecule has 5 nitrogen and oxygen atoms in total. The smallest absolute Gasteiger partial charge is 0.252 e. The highest BCUT2D eigenvalue weighted by Gasteiger charge is 2.21. The molecule has 0 spiro atoms. The zero-order valence-corrected chi connectivity index (χ0v) is 17.6. The number of hydrogen-bond donors (Lipinski definition) is 1. The van der Waals surface area contributed by atoms with Gasteiger partial charge in [-0.3, -0.25) is 4.79 Å². The van der Waals surface area contributed by atoms with Crippen molar-refractivity contribution in [1.29, 1.82) is 0 Å². The van der Waals surface area contributed by atoms with Crippen molar-refractivity contribution < 1.29 is 13.2 Å². The molecule has 1 aromatic carbocycles. The van der Waals surface area contributed by atoms with Crippen LogP contribution in [-0.4, -0.2) is 32.2 Å². The summed E-state index contributed by atoms with van der Waals surface area (Å²) >= 11 is 13.1. The van der Waals surface area contributed by atoms with E-state index in [4.69, 9.17) is 23.2 Å². The molecule has 1 atom stereocenters. The van der Waals surface area contributed by atoms with Gasteiger partial charge in [0.25, 0.3) is 10.0 Å². The van der Waals surface area contributed by atoms with E-state index in [0.717, 1.165) is 5.56 Å². The number of nitrogens with one attached hydrogen (secondary N) is 1. The second kappa shape index (κ2) is 9.19. The van der Waals surface area contributed by atoms with Crippen molar-refractivity contribution in [2.24, 2.45) is 0 Å². The van der Waals surface area contributed by atoms with Crippen LogP contribution in [0, 0.1) is 0 Å². The first-order valence-corrected chi connectivity index (χ1v) is 11.0. The Morgan fingerprint density at radius 2 is 2.00 bits per heavy atom. The van der Waals surface area contributed by atoms with Gasteiger partial charge in [-0.05, 0) is 42.5 Å². The molecule has 142 valence electrons. The molecule has 0 saturated heterocycles. The number of hydrogen-bond acceptors (Lipinski definition) is 4. The Morgan fingerprint density at radius 1 is 1.27 bits per heavy atom. The van der Waals surface area contributed by atoms with Crippen molar-refractivity contribution in [3.63, 3.8) is 0 Å². The lowest BCUT2D eigenvalue weighted by Gasteiger charge is -2.17. The van der Waals surface area contributed by atoms with Gasteiger partial charge >= 0.3 is 0 Å². The molecule has 0 radical (unpaired) electrons. The van der Waals surface area contributed by atoms with E-state index in [9.17, 15) is 13.2 Å². The summed E-state index contributed by atoms with van der Waals surface area (Å²) in [4.78, 5) is 12.1. The number of benzene rings is 1. The Hall–Kier alpha value is -1.12. The second-order valence-corrected chi connectivity index (χ2v) is 9.86. The number of halogens is 2. The minimum Gasteiger partial charge on any atom is -0.350 e.